The first-order valence-corrected chi connectivity index (χ1v) is 6.77. The molecule has 0 fully saturated rings. The van der Waals surface area contributed by atoms with Gasteiger partial charge in [-0.1, -0.05) is 0 Å². The zero-order valence-electron chi connectivity index (χ0n) is 10.5. The Balaban J connectivity index is 2.07. The number of carbonyl (C=O) groups is 1. The van der Waals surface area contributed by atoms with E-state index in [1.807, 2.05) is 11.4 Å². The highest BCUT2D eigenvalue weighted by Gasteiger charge is 2.10. The standard InChI is InChI=1S/C14H10N2O3S/c1-8(17)11-7-9-6-10(16-14-15-4-5-20-14)2-3-12(9)19-13(11)18/h2-7H,1H3,(H,15,16). The molecule has 100 valence electrons. The first-order chi connectivity index (χ1) is 9.63. The van der Waals surface area contributed by atoms with Crippen molar-refractivity contribution in [2.75, 3.05) is 5.32 Å². The van der Waals surface area contributed by atoms with E-state index in [0.717, 1.165) is 10.8 Å². The van der Waals surface area contributed by atoms with E-state index in [-0.39, 0.29) is 11.3 Å². The second-order valence-corrected chi connectivity index (χ2v) is 5.11. The molecule has 1 N–H and O–H groups in total. The van der Waals surface area contributed by atoms with Gasteiger partial charge in [0.2, 0.25) is 0 Å². The Morgan fingerprint density at radius 1 is 1.35 bits per heavy atom. The van der Waals surface area contributed by atoms with E-state index in [4.69, 9.17) is 4.42 Å². The summed E-state index contributed by atoms with van der Waals surface area (Å²) in [5, 5.41) is 6.48. The molecule has 2 aromatic heterocycles. The van der Waals surface area contributed by atoms with Crippen LogP contribution >= 0.6 is 11.3 Å². The molecule has 0 saturated carbocycles. The van der Waals surface area contributed by atoms with Crippen molar-refractivity contribution in [2.45, 2.75) is 6.92 Å². The third kappa shape index (κ3) is 2.33. The molecule has 2 heterocycles. The van der Waals surface area contributed by atoms with Crippen molar-refractivity contribution in [3.05, 3.63) is 51.8 Å². The van der Waals surface area contributed by atoms with Gasteiger partial charge in [-0.25, -0.2) is 9.78 Å². The number of nitrogens with one attached hydrogen (secondary N) is 1. The molecule has 0 aliphatic rings. The number of ketones is 1. The summed E-state index contributed by atoms with van der Waals surface area (Å²) < 4.78 is 5.13. The number of benzene rings is 1. The van der Waals surface area contributed by atoms with Crippen LogP contribution in [-0.4, -0.2) is 10.8 Å². The van der Waals surface area contributed by atoms with Gasteiger partial charge in [0.1, 0.15) is 11.1 Å². The van der Waals surface area contributed by atoms with Gasteiger partial charge in [0.05, 0.1) is 0 Å². The Kier molecular flexibility index (Phi) is 3.08. The van der Waals surface area contributed by atoms with Gasteiger partial charge in [-0.15, -0.1) is 11.3 Å². The Bertz CT molecular complexity index is 837. The van der Waals surface area contributed by atoms with Crippen LogP contribution in [0.4, 0.5) is 10.8 Å². The van der Waals surface area contributed by atoms with Crippen LogP contribution in [0.25, 0.3) is 11.0 Å². The fraction of sp³-hybridized carbons (Fsp3) is 0.0714. The molecular weight excluding hydrogens is 276 g/mol. The second kappa shape index (κ2) is 4.90. The van der Waals surface area contributed by atoms with Gasteiger partial charge in [0.15, 0.2) is 10.9 Å². The molecule has 0 radical (unpaired) electrons. The lowest BCUT2D eigenvalue weighted by atomic mass is 10.1. The van der Waals surface area contributed by atoms with Gasteiger partial charge in [0.25, 0.3) is 0 Å². The summed E-state index contributed by atoms with van der Waals surface area (Å²) in [6.45, 7) is 1.34. The number of thiazole rings is 1. The first-order valence-electron chi connectivity index (χ1n) is 5.89. The molecule has 3 aromatic rings. The number of fused-ring (bicyclic) bond motifs is 1. The van der Waals surface area contributed by atoms with Gasteiger partial charge >= 0.3 is 5.63 Å². The third-order valence-electron chi connectivity index (χ3n) is 2.80. The lowest BCUT2D eigenvalue weighted by Gasteiger charge is -2.04. The molecule has 20 heavy (non-hydrogen) atoms. The van der Waals surface area contributed by atoms with E-state index in [0.29, 0.717) is 11.0 Å². The number of aromatic nitrogens is 1. The molecule has 0 spiro atoms. The molecule has 0 unspecified atom stereocenters. The molecule has 6 heteroatoms. The highest BCUT2D eigenvalue weighted by atomic mass is 32.1. The lowest BCUT2D eigenvalue weighted by Crippen LogP contribution is -2.10. The molecule has 0 saturated heterocycles. The summed E-state index contributed by atoms with van der Waals surface area (Å²) in [5.41, 5.74) is 0.718. The maximum absolute atomic E-state index is 11.6. The van der Waals surface area contributed by atoms with Gasteiger partial charge in [-0.2, -0.15) is 0 Å². The number of nitrogens with zero attached hydrogens (tertiary/aromatic N) is 1. The summed E-state index contributed by atoms with van der Waals surface area (Å²) in [4.78, 5) is 27.1. The normalized spacial score (nSPS) is 10.7. The molecule has 1 aromatic carbocycles. The van der Waals surface area contributed by atoms with Crippen molar-refractivity contribution in [2.24, 2.45) is 0 Å². The molecule has 0 bridgehead atoms. The first kappa shape index (κ1) is 12.6. The minimum Gasteiger partial charge on any atom is -0.422 e. The third-order valence-corrected chi connectivity index (χ3v) is 3.48. The van der Waals surface area contributed by atoms with Crippen LogP contribution in [-0.2, 0) is 0 Å². The largest absolute Gasteiger partial charge is 0.422 e. The zero-order chi connectivity index (χ0) is 14.1. The Labute approximate surface area is 117 Å². The molecule has 0 aliphatic heterocycles. The number of carbonyl (C=O) groups excluding carboxylic acids is 1. The fourth-order valence-corrected chi connectivity index (χ4v) is 2.40. The van der Waals surface area contributed by atoms with Crippen molar-refractivity contribution in [3.8, 4) is 0 Å². The van der Waals surface area contributed by atoms with E-state index in [1.54, 1.807) is 24.4 Å². The fourth-order valence-electron chi connectivity index (χ4n) is 1.86. The topological polar surface area (TPSA) is 72.2 Å². The summed E-state index contributed by atoms with van der Waals surface area (Å²) in [7, 11) is 0. The maximum Gasteiger partial charge on any atom is 0.347 e. The monoisotopic (exact) mass is 286 g/mol. The van der Waals surface area contributed by atoms with Crippen LogP contribution in [0, 0.1) is 0 Å². The Morgan fingerprint density at radius 2 is 2.20 bits per heavy atom. The van der Waals surface area contributed by atoms with Gasteiger partial charge in [0, 0.05) is 22.7 Å². The second-order valence-electron chi connectivity index (χ2n) is 4.22. The van der Waals surface area contributed by atoms with Crippen LogP contribution in [0.5, 0.6) is 0 Å². The summed E-state index contributed by atoms with van der Waals surface area (Å²) in [6, 6.07) is 6.85. The van der Waals surface area contributed by atoms with Gasteiger partial charge in [-0.05, 0) is 31.2 Å². The van der Waals surface area contributed by atoms with E-state index in [2.05, 4.69) is 10.3 Å². The number of Topliss-reactive ketones (excluding diaryl/α,β-unsaturated/α-hetero) is 1. The predicted octanol–water partition coefficient (Wildman–Crippen LogP) is 3.20. The van der Waals surface area contributed by atoms with E-state index in [1.165, 1.54) is 18.3 Å². The van der Waals surface area contributed by atoms with Crippen molar-refractivity contribution < 1.29 is 9.21 Å². The average molecular weight is 286 g/mol. The molecule has 3 rings (SSSR count). The zero-order valence-corrected chi connectivity index (χ0v) is 11.4. The Morgan fingerprint density at radius 3 is 2.90 bits per heavy atom. The molecule has 0 amide bonds. The summed E-state index contributed by atoms with van der Waals surface area (Å²) in [5.74, 6) is -0.307. The van der Waals surface area contributed by atoms with Crippen molar-refractivity contribution in [1.82, 2.24) is 4.98 Å². The van der Waals surface area contributed by atoms with Crippen LogP contribution in [0.1, 0.15) is 17.3 Å². The summed E-state index contributed by atoms with van der Waals surface area (Å²) in [6.07, 6.45) is 1.71. The smallest absolute Gasteiger partial charge is 0.347 e. The van der Waals surface area contributed by atoms with Gasteiger partial charge < -0.3 is 9.73 Å². The SMILES string of the molecule is CC(=O)c1cc2cc(Nc3nccs3)ccc2oc1=O. The van der Waals surface area contributed by atoms with Crippen LogP contribution in [0.15, 0.2) is 45.1 Å². The lowest BCUT2D eigenvalue weighted by molar-refractivity contribution is 0.101. The quantitative estimate of drug-likeness (QED) is 0.591. The number of hydrogen-bond acceptors (Lipinski definition) is 6. The number of hydrogen-bond donors (Lipinski definition) is 1. The van der Waals surface area contributed by atoms with Crippen LogP contribution in [0.2, 0.25) is 0 Å². The summed E-state index contributed by atoms with van der Waals surface area (Å²) >= 11 is 1.48. The molecule has 0 atom stereocenters. The van der Waals surface area contributed by atoms with Crippen molar-refractivity contribution in [3.63, 3.8) is 0 Å². The number of rotatable bonds is 3. The van der Waals surface area contributed by atoms with Crippen LogP contribution in [0.3, 0.4) is 0 Å². The maximum atomic E-state index is 11.6. The molecule has 5 nitrogen and oxygen atoms in total. The average Bonchev–Trinajstić information content (AvgIpc) is 2.91. The molecule has 0 aliphatic carbocycles. The van der Waals surface area contributed by atoms with E-state index >= 15 is 0 Å². The minimum atomic E-state index is -0.606. The van der Waals surface area contributed by atoms with E-state index in [9.17, 15) is 9.59 Å². The van der Waals surface area contributed by atoms with Crippen molar-refractivity contribution in [1.29, 1.82) is 0 Å². The number of anilines is 2. The van der Waals surface area contributed by atoms with Crippen molar-refractivity contribution >= 4 is 38.9 Å². The minimum absolute atomic E-state index is 0.0592. The molecular formula is C14H10N2O3S. The predicted molar refractivity (Wildman–Crippen MR) is 77.9 cm³/mol. The van der Waals surface area contributed by atoms with Crippen LogP contribution < -0.4 is 10.9 Å². The highest BCUT2D eigenvalue weighted by molar-refractivity contribution is 7.13. The van der Waals surface area contributed by atoms with Gasteiger partial charge in [-0.3, -0.25) is 4.79 Å². The highest BCUT2D eigenvalue weighted by Crippen LogP contribution is 2.23. The van der Waals surface area contributed by atoms with E-state index < -0.39 is 5.63 Å². The Hall–Kier alpha value is -2.47.